The summed E-state index contributed by atoms with van der Waals surface area (Å²) in [6.07, 6.45) is 4.36. The van der Waals surface area contributed by atoms with Gasteiger partial charge in [-0.15, -0.1) is 0 Å². The molecule has 5 nitrogen and oxygen atoms in total. The van der Waals surface area contributed by atoms with E-state index >= 15 is 0 Å². The van der Waals surface area contributed by atoms with Gasteiger partial charge in [-0.05, 0) is 33.5 Å². The first-order chi connectivity index (χ1) is 9.02. The van der Waals surface area contributed by atoms with E-state index in [1.165, 1.54) is 0 Å². The summed E-state index contributed by atoms with van der Waals surface area (Å²) >= 11 is 0. The summed E-state index contributed by atoms with van der Waals surface area (Å²) in [5, 5.41) is 6.19. The Morgan fingerprint density at radius 1 is 1.42 bits per heavy atom. The zero-order valence-electron chi connectivity index (χ0n) is 12.2. The van der Waals surface area contributed by atoms with Crippen LogP contribution in [-0.2, 0) is 0 Å². The van der Waals surface area contributed by atoms with Gasteiger partial charge in [-0.1, -0.05) is 6.92 Å². The van der Waals surface area contributed by atoms with E-state index < -0.39 is 0 Å². The Balaban J connectivity index is 2.57. The highest BCUT2D eigenvalue weighted by Crippen LogP contribution is 2.10. The first-order valence-corrected chi connectivity index (χ1v) is 6.67. The normalized spacial score (nSPS) is 12.3. The topological polar surface area (TPSA) is 57.3 Å². The number of anilines is 1. The zero-order valence-corrected chi connectivity index (χ0v) is 12.2. The minimum Gasteiger partial charge on any atom is -0.381 e. The molecule has 1 amide bonds. The van der Waals surface area contributed by atoms with Crippen LogP contribution < -0.4 is 10.6 Å². The van der Waals surface area contributed by atoms with Crippen molar-refractivity contribution in [3.8, 4) is 0 Å². The lowest BCUT2D eigenvalue weighted by molar-refractivity contribution is 0.0950. The first kappa shape index (κ1) is 15.4. The highest BCUT2D eigenvalue weighted by molar-refractivity contribution is 5.94. The molecule has 2 N–H and O–H groups in total. The monoisotopic (exact) mass is 264 g/mol. The molecule has 0 spiro atoms. The van der Waals surface area contributed by atoms with Gasteiger partial charge in [0, 0.05) is 31.5 Å². The molecule has 0 aromatic carbocycles. The van der Waals surface area contributed by atoms with E-state index in [4.69, 9.17) is 0 Å². The van der Waals surface area contributed by atoms with Gasteiger partial charge in [-0.3, -0.25) is 9.78 Å². The van der Waals surface area contributed by atoms with Crippen molar-refractivity contribution in [3.05, 3.63) is 24.0 Å². The number of amides is 1. The third-order valence-corrected chi connectivity index (χ3v) is 2.87. The molecule has 5 heteroatoms. The van der Waals surface area contributed by atoms with Crippen LogP contribution in [0.4, 0.5) is 5.69 Å². The second kappa shape index (κ2) is 7.74. The summed E-state index contributed by atoms with van der Waals surface area (Å²) < 4.78 is 0. The third-order valence-electron chi connectivity index (χ3n) is 2.87. The fourth-order valence-electron chi connectivity index (χ4n) is 1.52. The van der Waals surface area contributed by atoms with Crippen molar-refractivity contribution in [2.75, 3.05) is 32.5 Å². The molecule has 19 heavy (non-hydrogen) atoms. The van der Waals surface area contributed by atoms with Crippen molar-refractivity contribution in [2.45, 2.75) is 26.3 Å². The van der Waals surface area contributed by atoms with Gasteiger partial charge >= 0.3 is 0 Å². The molecule has 0 aliphatic carbocycles. The maximum absolute atomic E-state index is 11.9. The number of nitrogens with one attached hydrogen (secondary N) is 2. The zero-order chi connectivity index (χ0) is 14.3. The van der Waals surface area contributed by atoms with Gasteiger partial charge in [-0.25, -0.2) is 0 Å². The molecule has 1 unspecified atom stereocenters. The van der Waals surface area contributed by atoms with Crippen molar-refractivity contribution in [3.63, 3.8) is 0 Å². The molecule has 1 heterocycles. The Hall–Kier alpha value is -1.62. The van der Waals surface area contributed by atoms with Crippen LogP contribution in [0.2, 0.25) is 0 Å². The number of likely N-dealkylation sites (N-methyl/N-ethyl adjacent to an activating group) is 1. The van der Waals surface area contributed by atoms with Crippen LogP contribution in [0, 0.1) is 0 Å². The van der Waals surface area contributed by atoms with Crippen LogP contribution in [0.1, 0.15) is 30.6 Å². The molecular formula is C14H24N4O. The molecule has 1 rings (SSSR count). The largest absolute Gasteiger partial charge is 0.381 e. The van der Waals surface area contributed by atoms with Crippen molar-refractivity contribution in [2.24, 2.45) is 0 Å². The number of hydrogen-bond acceptors (Lipinski definition) is 4. The summed E-state index contributed by atoms with van der Waals surface area (Å²) in [5.41, 5.74) is 1.47. The highest BCUT2D eigenvalue weighted by Gasteiger charge is 2.07. The van der Waals surface area contributed by atoms with Gasteiger partial charge in [-0.2, -0.15) is 0 Å². The molecule has 1 aromatic heterocycles. The second-order valence-corrected chi connectivity index (χ2v) is 4.98. The standard InChI is InChI=1S/C14H24N4O/c1-5-11(2)17-13-8-12(9-15-10-13)14(19)16-6-7-18(3)4/h8-11,17H,5-7H2,1-4H3,(H,16,19). The Bertz CT molecular complexity index is 406. The summed E-state index contributed by atoms with van der Waals surface area (Å²) in [7, 11) is 3.95. The Morgan fingerprint density at radius 3 is 2.79 bits per heavy atom. The lowest BCUT2D eigenvalue weighted by Crippen LogP contribution is -2.31. The first-order valence-electron chi connectivity index (χ1n) is 6.67. The number of carbonyl (C=O) groups is 1. The summed E-state index contributed by atoms with van der Waals surface area (Å²) in [6.45, 7) is 5.67. The van der Waals surface area contributed by atoms with E-state index in [-0.39, 0.29) is 5.91 Å². The SMILES string of the molecule is CCC(C)Nc1cncc(C(=O)NCCN(C)C)c1. The Labute approximate surface area is 115 Å². The van der Waals surface area contributed by atoms with Crippen LogP contribution in [-0.4, -0.2) is 49.0 Å². The number of pyridine rings is 1. The number of aromatic nitrogens is 1. The summed E-state index contributed by atoms with van der Waals surface area (Å²) in [6, 6.07) is 2.21. The van der Waals surface area contributed by atoms with Gasteiger partial charge in [0.1, 0.15) is 0 Å². The molecular weight excluding hydrogens is 240 g/mol. The van der Waals surface area contributed by atoms with E-state index in [9.17, 15) is 4.79 Å². The van der Waals surface area contributed by atoms with Crippen molar-refractivity contribution in [1.82, 2.24) is 15.2 Å². The van der Waals surface area contributed by atoms with Gasteiger partial charge in [0.05, 0.1) is 11.3 Å². The van der Waals surface area contributed by atoms with E-state index in [0.717, 1.165) is 18.7 Å². The van der Waals surface area contributed by atoms with Crippen molar-refractivity contribution < 1.29 is 4.79 Å². The smallest absolute Gasteiger partial charge is 0.252 e. The minimum absolute atomic E-state index is 0.0813. The summed E-state index contributed by atoms with van der Waals surface area (Å²) in [4.78, 5) is 18.1. The Morgan fingerprint density at radius 2 is 2.16 bits per heavy atom. The number of nitrogens with zero attached hydrogens (tertiary/aromatic N) is 2. The van der Waals surface area contributed by atoms with E-state index in [2.05, 4.69) is 29.5 Å². The predicted octanol–water partition coefficient (Wildman–Crippen LogP) is 1.58. The molecule has 0 aliphatic heterocycles. The van der Waals surface area contributed by atoms with E-state index in [0.29, 0.717) is 18.2 Å². The molecule has 0 radical (unpaired) electrons. The number of rotatable bonds is 7. The lowest BCUT2D eigenvalue weighted by Gasteiger charge is -2.14. The highest BCUT2D eigenvalue weighted by atomic mass is 16.1. The molecule has 0 saturated heterocycles. The average Bonchev–Trinajstić information content (AvgIpc) is 2.38. The number of carbonyl (C=O) groups excluding carboxylic acids is 1. The maximum atomic E-state index is 11.9. The Kier molecular flexibility index (Phi) is 6.29. The predicted molar refractivity (Wildman–Crippen MR) is 78.5 cm³/mol. The van der Waals surface area contributed by atoms with Crippen LogP contribution in [0.25, 0.3) is 0 Å². The molecule has 0 fully saturated rings. The lowest BCUT2D eigenvalue weighted by atomic mass is 10.2. The van der Waals surface area contributed by atoms with E-state index in [1.54, 1.807) is 12.4 Å². The van der Waals surface area contributed by atoms with Crippen LogP contribution >= 0.6 is 0 Å². The minimum atomic E-state index is -0.0813. The molecule has 0 aliphatic rings. The van der Waals surface area contributed by atoms with Gasteiger partial charge in [0.2, 0.25) is 0 Å². The molecule has 1 atom stereocenters. The van der Waals surface area contributed by atoms with E-state index in [1.807, 2.05) is 25.1 Å². The second-order valence-electron chi connectivity index (χ2n) is 4.98. The fraction of sp³-hybridized carbons (Fsp3) is 0.571. The van der Waals surface area contributed by atoms with Crippen molar-refractivity contribution >= 4 is 11.6 Å². The van der Waals surface area contributed by atoms with Crippen LogP contribution in [0.5, 0.6) is 0 Å². The number of hydrogen-bond donors (Lipinski definition) is 2. The quantitative estimate of drug-likeness (QED) is 0.785. The maximum Gasteiger partial charge on any atom is 0.252 e. The van der Waals surface area contributed by atoms with Crippen LogP contribution in [0.15, 0.2) is 18.5 Å². The van der Waals surface area contributed by atoms with Crippen molar-refractivity contribution in [1.29, 1.82) is 0 Å². The third kappa shape index (κ3) is 5.70. The average molecular weight is 264 g/mol. The summed E-state index contributed by atoms with van der Waals surface area (Å²) in [5.74, 6) is -0.0813. The molecule has 0 saturated carbocycles. The fourth-order valence-corrected chi connectivity index (χ4v) is 1.52. The molecule has 1 aromatic rings. The van der Waals surface area contributed by atoms with Crippen LogP contribution in [0.3, 0.4) is 0 Å². The van der Waals surface area contributed by atoms with Gasteiger partial charge in [0.15, 0.2) is 0 Å². The molecule has 106 valence electrons. The molecule has 0 bridgehead atoms. The van der Waals surface area contributed by atoms with Gasteiger partial charge in [0.25, 0.3) is 5.91 Å². The van der Waals surface area contributed by atoms with Gasteiger partial charge < -0.3 is 15.5 Å².